The van der Waals surface area contributed by atoms with E-state index in [4.69, 9.17) is 11.5 Å². The van der Waals surface area contributed by atoms with Crippen molar-refractivity contribution in [1.82, 2.24) is 50.1 Å². The highest BCUT2D eigenvalue weighted by molar-refractivity contribution is 5.92. The van der Waals surface area contributed by atoms with Gasteiger partial charge in [-0.3, -0.25) is 43.7 Å². The molecule has 3 aromatic rings. The lowest BCUT2D eigenvalue weighted by Gasteiger charge is -2.34. The van der Waals surface area contributed by atoms with Crippen molar-refractivity contribution in [1.29, 1.82) is 0 Å². The minimum absolute atomic E-state index is 0.0673. The summed E-state index contributed by atoms with van der Waals surface area (Å²) in [7, 11) is 0. The number of hydrogen-bond donors (Lipinski definition) is 5. The lowest BCUT2D eigenvalue weighted by Crippen LogP contribution is -2.54. The number of aliphatic carboxylic acids is 1. The van der Waals surface area contributed by atoms with Crippen LogP contribution in [-0.2, 0) is 51.4 Å². The van der Waals surface area contributed by atoms with Crippen molar-refractivity contribution in [2.75, 3.05) is 52.4 Å². The molecule has 7 N–H and O–H groups in total. The molecule has 3 rings (SSSR count). The van der Waals surface area contributed by atoms with Crippen LogP contribution in [0.15, 0.2) is 60.8 Å². The Morgan fingerprint density at radius 3 is 1.84 bits per heavy atom. The normalized spacial score (nSPS) is 12.8. The van der Waals surface area contributed by atoms with E-state index in [9.17, 15) is 53.6 Å². The Kier molecular flexibility index (Phi) is 21.8. The first-order chi connectivity index (χ1) is 32.6. The highest BCUT2D eigenvalue weighted by Crippen LogP contribution is 2.24. The Hall–Kier alpha value is -7.34. The molecule has 0 radical (unpaired) electrons. The van der Waals surface area contributed by atoms with Crippen LogP contribution >= 0.6 is 0 Å². The van der Waals surface area contributed by atoms with Gasteiger partial charge in [-0.2, -0.15) is 0 Å². The van der Waals surface area contributed by atoms with Crippen molar-refractivity contribution in [2.45, 2.75) is 98.2 Å². The van der Waals surface area contributed by atoms with Gasteiger partial charge in [0, 0.05) is 37.3 Å². The molecule has 24 heteroatoms. The van der Waals surface area contributed by atoms with E-state index in [-0.39, 0.29) is 43.0 Å². The second kappa shape index (κ2) is 26.9. The van der Waals surface area contributed by atoms with E-state index in [0.29, 0.717) is 30.6 Å². The molecule has 69 heavy (non-hydrogen) atoms. The van der Waals surface area contributed by atoms with Crippen molar-refractivity contribution in [3.05, 3.63) is 87.7 Å². The maximum absolute atomic E-state index is 14.3. The summed E-state index contributed by atoms with van der Waals surface area (Å²) < 4.78 is 1.23. The van der Waals surface area contributed by atoms with Crippen LogP contribution in [0.4, 0.5) is 5.69 Å². The van der Waals surface area contributed by atoms with Crippen molar-refractivity contribution >= 4 is 53.0 Å². The first kappa shape index (κ1) is 56.0. The summed E-state index contributed by atoms with van der Waals surface area (Å²) in [6.07, 6.45) is 1.85. The zero-order chi connectivity index (χ0) is 51.5. The van der Waals surface area contributed by atoms with E-state index in [2.05, 4.69) is 20.9 Å². The summed E-state index contributed by atoms with van der Waals surface area (Å²) in [5, 5.41) is 34.6. The Morgan fingerprint density at radius 2 is 1.29 bits per heavy atom. The average Bonchev–Trinajstić information content (AvgIpc) is 3.77. The summed E-state index contributed by atoms with van der Waals surface area (Å²) in [6.45, 7) is 8.70. The summed E-state index contributed by atoms with van der Waals surface area (Å²) in [4.78, 5) is 123. The van der Waals surface area contributed by atoms with Gasteiger partial charge in [-0.1, -0.05) is 54.6 Å². The monoisotopic (exact) mass is 963 g/mol. The van der Waals surface area contributed by atoms with Crippen LogP contribution < -0.4 is 22.1 Å². The third-order valence-corrected chi connectivity index (χ3v) is 11.6. The highest BCUT2D eigenvalue weighted by atomic mass is 16.6. The van der Waals surface area contributed by atoms with Gasteiger partial charge in [-0.25, -0.2) is 9.48 Å². The summed E-state index contributed by atoms with van der Waals surface area (Å²) >= 11 is 0. The number of rotatable bonds is 28. The molecule has 0 saturated heterocycles. The molecular weight excluding hydrogens is 899 g/mol. The van der Waals surface area contributed by atoms with Gasteiger partial charge in [0.1, 0.15) is 45.3 Å². The maximum Gasteiger partial charge on any atom is 0.326 e. The van der Waals surface area contributed by atoms with Crippen molar-refractivity contribution < 1.29 is 48.4 Å². The second-order valence-corrected chi connectivity index (χ2v) is 16.7. The molecule has 0 bridgehead atoms. The van der Waals surface area contributed by atoms with E-state index >= 15 is 0 Å². The Morgan fingerprint density at radius 1 is 0.739 bits per heavy atom. The number of carboxylic acids is 1. The molecule has 24 nitrogen and oxygen atoms in total. The number of primary amides is 1. The molecular formula is C45H65N13O11. The number of benzene rings is 2. The molecule has 0 saturated carbocycles. The smallest absolute Gasteiger partial charge is 0.326 e. The molecule has 7 amide bonds. The van der Waals surface area contributed by atoms with E-state index in [0.717, 1.165) is 9.80 Å². The number of carbonyl (C=O) groups excluding carboxylic acids is 7. The van der Waals surface area contributed by atoms with E-state index < -0.39 is 103 Å². The van der Waals surface area contributed by atoms with Gasteiger partial charge >= 0.3 is 5.97 Å². The Bertz CT molecular complexity index is 2260. The van der Waals surface area contributed by atoms with Crippen LogP contribution in [0.2, 0.25) is 0 Å². The molecule has 1 heterocycles. The van der Waals surface area contributed by atoms with Gasteiger partial charge in [0.25, 0.3) is 5.69 Å². The SMILES string of the molecule is CC[C@H](C)N(CC(=O)N(CC(=O)NCc1cnnn1CC(=O)N(CC(=O)N(CC(=O)N(CC(N)=O)[C@@H](C)C(=O)O)C(C)C)[C@@H](C)c1ccccc1)[C@@H](C)c1ccc([N+](=O)[O-])cc1)C(=O)CNCCN. The van der Waals surface area contributed by atoms with Gasteiger partial charge in [0.05, 0.1) is 42.0 Å². The van der Waals surface area contributed by atoms with Gasteiger partial charge in [0.15, 0.2) is 0 Å². The fourth-order valence-corrected chi connectivity index (χ4v) is 7.14. The second-order valence-electron chi connectivity index (χ2n) is 16.7. The first-order valence-electron chi connectivity index (χ1n) is 22.4. The highest BCUT2D eigenvalue weighted by Gasteiger charge is 2.34. The van der Waals surface area contributed by atoms with E-state index in [1.165, 1.54) is 56.8 Å². The predicted octanol–water partition coefficient (Wildman–Crippen LogP) is 0.182. The zero-order valence-electron chi connectivity index (χ0n) is 40.1. The van der Waals surface area contributed by atoms with Gasteiger partial charge in [0.2, 0.25) is 41.4 Å². The number of amides is 7. The minimum Gasteiger partial charge on any atom is -0.480 e. The molecule has 0 spiro atoms. The van der Waals surface area contributed by atoms with Gasteiger partial charge in [-0.15, -0.1) is 5.10 Å². The Labute approximate surface area is 400 Å². The largest absolute Gasteiger partial charge is 0.480 e. The number of carbonyl (C=O) groups is 8. The molecule has 0 unspecified atom stereocenters. The Balaban J connectivity index is 1.87. The third-order valence-electron chi connectivity index (χ3n) is 11.6. The van der Waals surface area contributed by atoms with Crippen molar-refractivity contribution in [3.8, 4) is 0 Å². The fraction of sp³-hybridized carbons (Fsp3) is 0.511. The maximum atomic E-state index is 14.3. The average molecular weight is 964 g/mol. The standard InChI is InChI=1S/C45H65N13O11/c1-8-30(4)53(40(61)22-48-19-18-46)26-43(64)55(32(6)35-14-16-36(17-15-35)58(68)69)24-39(60)49-20-37-21-50-51-57(37)28-44(65)56(31(5)34-12-10-9-11-13-34)27-41(62)52(29(2)3)25-42(63)54(23-38(47)59)33(7)45(66)67/h9-17,21,29-33,48H,8,18-20,22-28,46H2,1-7H3,(H2,47,59)(H,49,60)(H,66,67)/t30-,31-,32-,33-/m0/s1. The van der Waals surface area contributed by atoms with Crippen LogP contribution in [0, 0.1) is 10.1 Å². The first-order valence-corrected chi connectivity index (χ1v) is 22.4. The number of nitrogens with one attached hydrogen (secondary N) is 2. The number of nitrogens with zero attached hydrogens (tertiary/aromatic N) is 9. The minimum atomic E-state index is -1.43. The van der Waals surface area contributed by atoms with Crippen LogP contribution in [-0.4, -0.2) is 167 Å². The lowest BCUT2D eigenvalue weighted by atomic mass is 10.1. The molecule has 376 valence electrons. The molecule has 0 aliphatic rings. The molecule has 4 atom stereocenters. The number of aromatic nitrogens is 3. The summed E-state index contributed by atoms with van der Waals surface area (Å²) in [6, 6.07) is 10.5. The molecule has 1 aromatic heterocycles. The molecule has 2 aromatic carbocycles. The molecule has 0 aliphatic heterocycles. The lowest BCUT2D eigenvalue weighted by molar-refractivity contribution is -0.384. The summed E-state index contributed by atoms with van der Waals surface area (Å²) in [5.74, 6) is -6.01. The molecule has 0 aliphatic carbocycles. The number of carboxylic acid groups (broad SMARTS) is 1. The third kappa shape index (κ3) is 16.4. The number of nitro benzene ring substituents is 1. The van der Waals surface area contributed by atoms with Crippen molar-refractivity contribution in [2.24, 2.45) is 11.5 Å². The summed E-state index contributed by atoms with van der Waals surface area (Å²) in [5.41, 5.74) is 12.1. The van der Waals surface area contributed by atoms with Crippen LogP contribution in [0.25, 0.3) is 0 Å². The molecule has 0 fully saturated rings. The number of non-ortho nitro benzene ring substituents is 1. The predicted molar refractivity (Wildman–Crippen MR) is 250 cm³/mol. The number of hydrogen-bond acceptors (Lipinski definition) is 14. The van der Waals surface area contributed by atoms with Crippen LogP contribution in [0.5, 0.6) is 0 Å². The van der Waals surface area contributed by atoms with E-state index in [1.807, 2.05) is 6.92 Å². The fourth-order valence-electron chi connectivity index (χ4n) is 7.14. The van der Waals surface area contributed by atoms with E-state index in [1.54, 1.807) is 65.0 Å². The quantitative estimate of drug-likeness (QED) is 0.0368. The van der Waals surface area contributed by atoms with Crippen LogP contribution in [0.1, 0.15) is 83.8 Å². The van der Waals surface area contributed by atoms with Gasteiger partial charge in [-0.05, 0) is 59.1 Å². The zero-order valence-corrected chi connectivity index (χ0v) is 40.1. The number of nitrogens with two attached hydrogens (primary N) is 2. The van der Waals surface area contributed by atoms with Crippen molar-refractivity contribution in [3.63, 3.8) is 0 Å². The van der Waals surface area contributed by atoms with Crippen LogP contribution in [0.3, 0.4) is 0 Å². The van der Waals surface area contributed by atoms with Gasteiger partial charge < -0.3 is 51.7 Å². The topological polar surface area (TPSA) is 323 Å². The number of nitro groups is 1.